The molecule has 24 heavy (non-hydrogen) atoms. The number of hydrogen-bond acceptors (Lipinski definition) is 4. The van der Waals surface area contributed by atoms with Gasteiger partial charge in [0.15, 0.2) is 5.82 Å². The van der Waals surface area contributed by atoms with Crippen molar-refractivity contribution in [2.75, 3.05) is 13.1 Å². The molecule has 2 aliphatic heterocycles. The van der Waals surface area contributed by atoms with Crippen molar-refractivity contribution >= 4 is 11.8 Å². The maximum Gasteiger partial charge on any atom is 0.240 e. The molecule has 0 unspecified atom stereocenters. The van der Waals surface area contributed by atoms with Gasteiger partial charge in [0, 0.05) is 25.9 Å². The average molecular weight is 333 g/mol. The first-order chi connectivity index (χ1) is 11.7. The second-order valence-electron chi connectivity index (χ2n) is 6.75. The van der Waals surface area contributed by atoms with E-state index in [0.717, 1.165) is 63.1 Å². The van der Waals surface area contributed by atoms with Gasteiger partial charge in [-0.1, -0.05) is 19.3 Å². The highest BCUT2D eigenvalue weighted by Crippen LogP contribution is 2.14. The van der Waals surface area contributed by atoms with Gasteiger partial charge in [0.25, 0.3) is 0 Å². The van der Waals surface area contributed by atoms with Gasteiger partial charge in [0.1, 0.15) is 5.82 Å². The third kappa shape index (κ3) is 4.33. The van der Waals surface area contributed by atoms with Crippen LogP contribution in [-0.4, -0.2) is 44.6 Å². The minimum absolute atomic E-state index is 0.0983. The number of nitrogens with one attached hydrogen (secondary N) is 1. The third-order valence-corrected chi connectivity index (χ3v) is 4.89. The van der Waals surface area contributed by atoms with Crippen molar-refractivity contribution in [3.05, 3.63) is 11.6 Å². The van der Waals surface area contributed by atoms with Crippen LogP contribution in [0.3, 0.4) is 0 Å². The minimum atomic E-state index is -0.116. The molecule has 1 fully saturated rings. The first kappa shape index (κ1) is 16.9. The van der Waals surface area contributed by atoms with E-state index in [1.807, 2.05) is 0 Å². The topological polar surface area (TPSA) is 80.1 Å². The normalized spacial score (nSPS) is 19.2. The molecule has 1 aromatic rings. The van der Waals surface area contributed by atoms with E-state index >= 15 is 0 Å². The summed E-state index contributed by atoms with van der Waals surface area (Å²) in [5.41, 5.74) is 0. The van der Waals surface area contributed by atoms with Crippen molar-refractivity contribution in [1.82, 2.24) is 25.0 Å². The molecule has 0 atom stereocenters. The van der Waals surface area contributed by atoms with Crippen LogP contribution < -0.4 is 5.32 Å². The van der Waals surface area contributed by atoms with Gasteiger partial charge in [-0.2, -0.15) is 0 Å². The minimum Gasteiger partial charge on any atom is -0.347 e. The lowest BCUT2D eigenvalue weighted by atomic mass is 10.1. The number of nitrogens with zero attached hydrogens (tertiary/aromatic N) is 4. The molecule has 2 aliphatic rings. The van der Waals surface area contributed by atoms with E-state index in [9.17, 15) is 9.59 Å². The molecule has 2 amide bonds. The van der Waals surface area contributed by atoms with Gasteiger partial charge in [0.05, 0.1) is 13.1 Å². The van der Waals surface area contributed by atoms with Gasteiger partial charge in [-0.25, -0.2) is 0 Å². The standard InChI is InChI=1S/C17H27N5O2/c23-16(13-21-10-6-2-1-5-9-17(21)24)18-12-15-20-19-14-8-4-3-7-11-22(14)15/h1-13H2,(H,18,23). The summed E-state index contributed by atoms with van der Waals surface area (Å²) in [5, 5.41) is 11.4. The molecule has 3 heterocycles. The van der Waals surface area contributed by atoms with Gasteiger partial charge >= 0.3 is 0 Å². The molecule has 7 heteroatoms. The van der Waals surface area contributed by atoms with Crippen molar-refractivity contribution in [3.63, 3.8) is 0 Å². The van der Waals surface area contributed by atoms with Gasteiger partial charge in [0.2, 0.25) is 11.8 Å². The van der Waals surface area contributed by atoms with Crippen LogP contribution in [0.1, 0.15) is 63.0 Å². The number of amides is 2. The smallest absolute Gasteiger partial charge is 0.240 e. The van der Waals surface area contributed by atoms with Gasteiger partial charge < -0.3 is 14.8 Å². The van der Waals surface area contributed by atoms with Gasteiger partial charge in [-0.3, -0.25) is 9.59 Å². The summed E-state index contributed by atoms with van der Waals surface area (Å²) < 4.78 is 2.13. The number of aromatic nitrogens is 3. The summed E-state index contributed by atoms with van der Waals surface area (Å²) in [6, 6.07) is 0. The van der Waals surface area contributed by atoms with Gasteiger partial charge in [-0.15, -0.1) is 10.2 Å². The maximum atomic E-state index is 12.2. The highest BCUT2D eigenvalue weighted by molar-refractivity contribution is 5.84. The lowest BCUT2D eigenvalue weighted by Crippen LogP contribution is -2.41. The molecule has 132 valence electrons. The van der Waals surface area contributed by atoms with Crippen LogP contribution in [0.5, 0.6) is 0 Å². The van der Waals surface area contributed by atoms with Crippen molar-refractivity contribution in [3.8, 4) is 0 Å². The molecule has 7 nitrogen and oxygen atoms in total. The summed E-state index contributed by atoms with van der Waals surface area (Å²) in [7, 11) is 0. The van der Waals surface area contributed by atoms with E-state index in [4.69, 9.17) is 0 Å². The first-order valence-electron chi connectivity index (χ1n) is 9.19. The SMILES string of the molecule is O=C(CN1CCCCCCC1=O)NCc1nnc2n1CCCCC2. The largest absolute Gasteiger partial charge is 0.347 e. The van der Waals surface area contributed by atoms with Crippen LogP contribution in [0.15, 0.2) is 0 Å². The molecule has 1 N–H and O–H groups in total. The lowest BCUT2D eigenvalue weighted by molar-refractivity contribution is -0.136. The Balaban J connectivity index is 1.52. The Hall–Kier alpha value is -1.92. The van der Waals surface area contributed by atoms with Crippen LogP contribution in [0, 0.1) is 0 Å². The Morgan fingerprint density at radius 1 is 0.958 bits per heavy atom. The number of fused-ring (bicyclic) bond motifs is 1. The van der Waals surface area contributed by atoms with E-state index in [-0.39, 0.29) is 18.4 Å². The molecule has 0 aromatic carbocycles. The Labute approximate surface area is 142 Å². The lowest BCUT2D eigenvalue weighted by Gasteiger charge is -2.24. The van der Waals surface area contributed by atoms with Crippen molar-refractivity contribution in [2.24, 2.45) is 0 Å². The Bertz CT molecular complexity index is 584. The van der Waals surface area contributed by atoms with Crippen molar-refractivity contribution < 1.29 is 9.59 Å². The van der Waals surface area contributed by atoms with Crippen LogP contribution in [0.25, 0.3) is 0 Å². The fraction of sp³-hybridized carbons (Fsp3) is 0.765. The molecule has 0 spiro atoms. The molecule has 0 radical (unpaired) electrons. The summed E-state index contributed by atoms with van der Waals surface area (Å²) in [6.07, 6.45) is 9.19. The zero-order chi connectivity index (χ0) is 16.8. The molecular formula is C17H27N5O2. The predicted molar refractivity (Wildman–Crippen MR) is 89.1 cm³/mol. The number of likely N-dealkylation sites (tertiary alicyclic amines) is 1. The van der Waals surface area contributed by atoms with E-state index in [1.54, 1.807) is 4.90 Å². The number of rotatable bonds is 4. The number of carbonyl (C=O) groups is 2. The second-order valence-corrected chi connectivity index (χ2v) is 6.75. The molecular weight excluding hydrogens is 306 g/mol. The average Bonchev–Trinajstić information content (AvgIpc) is 2.79. The fourth-order valence-corrected chi connectivity index (χ4v) is 3.47. The van der Waals surface area contributed by atoms with E-state index in [1.165, 1.54) is 6.42 Å². The number of hydrogen-bond donors (Lipinski definition) is 1. The third-order valence-electron chi connectivity index (χ3n) is 4.89. The quantitative estimate of drug-likeness (QED) is 0.903. The maximum absolute atomic E-state index is 12.2. The van der Waals surface area contributed by atoms with Crippen LogP contribution in [0.4, 0.5) is 0 Å². The molecule has 1 aromatic heterocycles. The zero-order valence-corrected chi connectivity index (χ0v) is 14.3. The fourth-order valence-electron chi connectivity index (χ4n) is 3.47. The molecule has 3 rings (SSSR count). The predicted octanol–water partition coefficient (Wildman–Crippen LogP) is 1.41. The van der Waals surface area contributed by atoms with E-state index in [2.05, 4.69) is 20.1 Å². The Morgan fingerprint density at radius 2 is 1.71 bits per heavy atom. The second kappa shape index (κ2) is 8.26. The monoisotopic (exact) mass is 333 g/mol. The first-order valence-corrected chi connectivity index (χ1v) is 9.19. The van der Waals surface area contributed by atoms with Crippen LogP contribution >= 0.6 is 0 Å². The summed E-state index contributed by atoms with van der Waals surface area (Å²) in [5.74, 6) is 1.83. The van der Waals surface area contributed by atoms with E-state index < -0.39 is 0 Å². The molecule has 0 aliphatic carbocycles. The van der Waals surface area contributed by atoms with Crippen molar-refractivity contribution in [1.29, 1.82) is 0 Å². The van der Waals surface area contributed by atoms with Crippen molar-refractivity contribution in [2.45, 2.75) is 70.9 Å². The number of carbonyl (C=O) groups excluding carboxylic acids is 2. The number of aryl methyl sites for hydroxylation is 1. The Kier molecular flexibility index (Phi) is 5.82. The molecule has 0 bridgehead atoms. The van der Waals surface area contributed by atoms with Crippen LogP contribution in [0.2, 0.25) is 0 Å². The van der Waals surface area contributed by atoms with E-state index in [0.29, 0.717) is 19.5 Å². The van der Waals surface area contributed by atoms with Crippen LogP contribution in [-0.2, 0) is 29.1 Å². The summed E-state index contributed by atoms with van der Waals surface area (Å²) >= 11 is 0. The Morgan fingerprint density at radius 3 is 2.62 bits per heavy atom. The zero-order valence-electron chi connectivity index (χ0n) is 14.3. The summed E-state index contributed by atoms with van der Waals surface area (Å²) in [4.78, 5) is 26.0. The summed E-state index contributed by atoms with van der Waals surface area (Å²) in [6.45, 7) is 2.15. The highest BCUT2D eigenvalue weighted by Gasteiger charge is 2.19. The molecule has 0 saturated carbocycles. The highest BCUT2D eigenvalue weighted by atomic mass is 16.2. The van der Waals surface area contributed by atoms with Gasteiger partial charge in [-0.05, 0) is 25.7 Å². The molecule has 1 saturated heterocycles.